The summed E-state index contributed by atoms with van der Waals surface area (Å²) in [5.74, 6) is -0.448. The zero-order valence-corrected chi connectivity index (χ0v) is 12.2. The fourth-order valence-corrected chi connectivity index (χ4v) is 1.58. The van der Waals surface area contributed by atoms with Gasteiger partial charge in [0, 0.05) is 19.6 Å². The van der Waals surface area contributed by atoms with E-state index in [1.165, 1.54) is 13.4 Å². The molecule has 0 aliphatic heterocycles. The predicted molar refractivity (Wildman–Crippen MR) is 70.0 cm³/mol. The maximum absolute atomic E-state index is 12.1. The minimum atomic E-state index is -0.571. The van der Waals surface area contributed by atoms with E-state index in [0.29, 0.717) is 13.2 Å². The van der Waals surface area contributed by atoms with Gasteiger partial charge in [-0.15, -0.1) is 0 Å². The zero-order valence-electron chi connectivity index (χ0n) is 12.2. The number of hydrogen-bond acceptors (Lipinski definition) is 6. The van der Waals surface area contributed by atoms with Crippen LogP contribution in [-0.4, -0.2) is 49.1 Å². The molecule has 0 aliphatic rings. The first kappa shape index (κ1) is 16.2. The highest BCUT2D eigenvalue weighted by Crippen LogP contribution is 2.10. The van der Waals surface area contributed by atoms with Crippen molar-refractivity contribution in [3.05, 3.63) is 17.8 Å². The maximum Gasteiger partial charge on any atom is 0.360 e. The number of nitrogens with zero attached hydrogens (tertiary/aromatic N) is 2. The summed E-state index contributed by atoms with van der Waals surface area (Å²) in [5, 5.41) is 0. The average molecular weight is 284 g/mol. The molecule has 1 aromatic heterocycles. The van der Waals surface area contributed by atoms with E-state index in [9.17, 15) is 9.59 Å². The molecular weight excluding hydrogens is 264 g/mol. The SMILES string of the molecule is COCCN(Cc1nc(C(=O)OC)co1)C(=O)C(C)C. The van der Waals surface area contributed by atoms with Gasteiger partial charge in [0.05, 0.1) is 20.3 Å². The molecule has 0 aromatic carbocycles. The minimum absolute atomic E-state index is 0.0279. The summed E-state index contributed by atoms with van der Waals surface area (Å²) >= 11 is 0. The first-order chi connectivity index (χ1) is 9.49. The molecule has 7 nitrogen and oxygen atoms in total. The summed E-state index contributed by atoms with van der Waals surface area (Å²) in [6, 6.07) is 0. The van der Waals surface area contributed by atoms with Gasteiger partial charge in [0.25, 0.3) is 0 Å². The van der Waals surface area contributed by atoms with Crippen LogP contribution in [0.5, 0.6) is 0 Å². The van der Waals surface area contributed by atoms with Gasteiger partial charge in [-0.2, -0.15) is 0 Å². The molecule has 0 radical (unpaired) electrons. The number of esters is 1. The number of aromatic nitrogens is 1. The Labute approximate surface area is 117 Å². The molecule has 0 fully saturated rings. The summed E-state index contributed by atoms with van der Waals surface area (Å²) in [5.41, 5.74) is 0.0891. The Bertz CT molecular complexity index is 455. The van der Waals surface area contributed by atoms with Crippen LogP contribution in [0.3, 0.4) is 0 Å². The van der Waals surface area contributed by atoms with E-state index >= 15 is 0 Å². The highest BCUT2D eigenvalue weighted by molar-refractivity contribution is 5.86. The van der Waals surface area contributed by atoms with Crippen LogP contribution < -0.4 is 0 Å². The molecule has 0 atom stereocenters. The summed E-state index contributed by atoms with van der Waals surface area (Å²) in [6.07, 6.45) is 1.22. The lowest BCUT2D eigenvalue weighted by atomic mass is 10.2. The Hall–Kier alpha value is -1.89. The summed E-state index contributed by atoms with van der Waals surface area (Å²) in [7, 11) is 2.84. The third-order valence-electron chi connectivity index (χ3n) is 2.64. The van der Waals surface area contributed by atoms with E-state index in [2.05, 4.69) is 9.72 Å². The van der Waals surface area contributed by atoms with E-state index < -0.39 is 5.97 Å². The number of amides is 1. The summed E-state index contributed by atoms with van der Waals surface area (Å²) < 4.78 is 14.7. The van der Waals surface area contributed by atoms with Crippen LogP contribution in [0.2, 0.25) is 0 Å². The number of ether oxygens (including phenoxy) is 2. The van der Waals surface area contributed by atoms with Gasteiger partial charge in [-0.1, -0.05) is 13.8 Å². The largest absolute Gasteiger partial charge is 0.464 e. The van der Waals surface area contributed by atoms with Crippen LogP contribution in [-0.2, 0) is 20.8 Å². The van der Waals surface area contributed by atoms with Crippen molar-refractivity contribution in [1.82, 2.24) is 9.88 Å². The van der Waals surface area contributed by atoms with Gasteiger partial charge in [-0.25, -0.2) is 9.78 Å². The molecule has 1 heterocycles. The van der Waals surface area contributed by atoms with Crippen molar-refractivity contribution in [2.24, 2.45) is 5.92 Å². The Morgan fingerprint density at radius 3 is 2.65 bits per heavy atom. The van der Waals surface area contributed by atoms with E-state index in [-0.39, 0.29) is 30.0 Å². The molecule has 0 aliphatic carbocycles. The lowest BCUT2D eigenvalue weighted by Gasteiger charge is -2.22. The lowest BCUT2D eigenvalue weighted by Crippen LogP contribution is -2.36. The van der Waals surface area contributed by atoms with Gasteiger partial charge in [-0.3, -0.25) is 4.79 Å². The van der Waals surface area contributed by atoms with Crippen LogP contribution >= 0.6 is 0 Å². The number of oxazole rings is 1. The van der Waals surface area contributed by atoms with Crippen LogP contribution in [0, 0.1) is 5.92 Å². The van der Waals surface area contributed by atoms with Crippen molar-refractivity contribution in [1.29, 1.82) is 0 Å². The standard InChI is InChI=1S/C13H20N2O5/c1-9(2)12(16)15(5-6-18-3)7-11-14-10(8-20-11)13(17)19-4/h8-9H,5-7H2,1-4H3. The highest BCUT2D eigenvalue weighted by Gasteiger charge is 2.20. The number of carbonyl (C=O) groups is 2. The number of hydrogen-bond donors (Lipinski definition) is 0. The maximum atomic E-state index is 12.1. The van der Waals surface area contributed by atoms with E-state index in [1.54, 1.807) is 12.0 Å². The van der Waals surface area contributed by atoms with E-state index in [1.807, 2.05) is 13.8 Å². The zero-order chi connectivity index (χ0) is 15.1. The highest BCUT2D eigenvalue weighted by atomic mass is 16.5. The normalized spacial score (nSPS) is 10.7. The third-order valence-corrected chi connectivity index (χ3v) is 2.64. The molecule has 1 rings (SSSR count). The van der Waals surface area contributed by atoms with Crippen molar-refractivity contribution < 1.29 is 23.5 Å². The van der Waals surface area contributed by atoms with Crippen molar-refractivity contribution >= 4 is 11.9 Å². The predicted octanol–water partition coefficient (Wildman–Crippen LogP) is 1.09. The Kier molecular flexibility index (Phi) is 6.17. The molecule has 20 heavy (non-hydrogen) atoms. The lowest BCUT2D eigenvalue weighted by molar-refractivity contribution is -0.136. The van der Waals surface area contributed by atoms with Crippen LogP contribution in [0.15, 0.2) is 10.7 Å². The molecular formula is C13H20N2O5. The van der Waals surface area contributed by atoms with Crippen LogP contribution in [0.4, 0.5) is 0 Å². The minimum Gasteiger partial charge on any atom is -0.464 e. The van der Waals surface area contributed by atoms with E-state index in [4.69, 9.17) is 9.15 Å². The average Bonchev–Trinajstić information content (AvgIpc) is 2.90. The molecule has 1 amide bonds. The second-order valence-corrected chi connectivity index (χ2v) is 4.53. The molecule has 0 saturated carbocycles. The molecule has 0 spiro atoms. The van der Waals surface area contributed by atoms with Gasteiger partial charge in [0.1, 0.15) is 6.26 Å². The van der Waals surface area contributed by atoms with E-state index in [0.717, 1.165) is 0 Å². The first-order valence-corrected chi connectivity index (χ1v) is 6.30. The molecule has 7 heteroatoms. The molecule has 112 valence electrons. The van der Waals surface area contributed by atoms with Gasteiger partial charge >= 0.3 is 5.97 Å². The second-order valence-electron chi connectivity index (χ2n) is 4.53. The number of rotatable bonds is 7. The Morgan fingerprint density at radius 1 is 1.40 bits per heavy atom. The fraction of sp³-hybridized carbons (Fsp3) is 0.615. The summed E-state index contributed by atoms with van der Waals surface area (Å²) in [6.45, 7) is 4.68. The topological polar surface area (TPSA) is 81.9 Å². The van der Waals surface area contributed by atoms with Crippen molar-refractivity contribution in [3.63, 3.8) is 0 Å². The fourth-order valence-electron chi connectivity index (χ4n) is 1.58. The van der Waals surface area contributed by atoms with Gasteiger partial charge in [-0.05, 0) is 0 Å². The van der Waals surface area contributed by atoms with Crippen molar-refractivity contribution in [2.45, 2.75) is 20.4 Å². The Balaban J connectivity index is 2.76. The van der Waals surface area contributed by atoms with Crippen molar-refractivity contribution in [2.75, 3.05) is 27.4 Å². The first-order valence-electron chi connectivity index (χ1n) is 6.30. The monoisotopic (exact) mass is 284 g/mol. The van der Waals surface area contributed by atoms with Crippen LogP contribution in [0.1, 0.15) is 30.2 Å². The molecule has 1 aromatic rings. The van der Waals surface area contributed by atoms with Crippen LogP contribution in [0.25, 0.3) is 0 Å². The second kappa shape index (κ2) is 7.64. The Morgan fingerprint density at radius 2 is 2.10 bits per heavy atom. The smallest absolute Gasteiger partial charge is 0.360 e. The number of carbonyl (C=O) groups excluding carboxylic acids is 2. The molecule has 0 bridgehead atoms. The van der Waals surface area contributed by atoms with Gasteiger partial charge in [0.2, 0.25) is 11.8 Å². The molecule has 0 saturated heterocycles. The molecule has 0 N–H and O–H groups in total. The molecule has 0 unspecified atom stereocenters. The van der Waals surface area contributed by atoms with Gasteiger partial charge in [0.15, 0.2) is 5.69 Å². The quantitative estimate of drug-likeness (QED) is 0.697. The number of methoxy groups -OCH3 is 2. The van der Waals surface area contributed by atoms with Crippen molar-refractivity contribution in [3.8, 4) is 0 Å². The summed E-state index contributed by atoms with van der Waals surface area (Å²) in [4.78, 5) is 28.9. The third kappa shape index (κ3) is 4.34. The van der Waals surface area contributed by atoms with Gasteiger partial charge < -0.3 is 18.8 Å².